The molecule has 0 aliphatic carbocycles. The van der Waals surface area contributed by atoms with E-state index in [1.807, 2.05) is 13.0 Å². The van der Waals surface area contributed by atoms with Gasteiger partial charge in [0.1, 0.15) is 10.1 Å². The van der Waals surface area contributed by atoms with Gasteiger partial charge >= 0.3 is 0 Å². The largest absolute Gasteiger partial charge is 0.744 e. The molecule has 0 aromatic heterocycles. The van der Waals surface area contributed by atoms with E-state index in [2.05, 4.69) is 27.7 Å². The SMILES string of the molecule is CCCC[P+](CCCC)(CCCC)C(CCC)c1c(C)cccc1S(=O)(=O)[O-]. The predicted molar refractivity (Wildman–Crippen MR) is 123 cm³/mol. The van der Waals surface area contributed by atoms with Crippen molar-refractivity contribution in [2.24, 2.45) is 0 Å². The van der Waals surface area contributed by atoms with Crippen molar-refractivity contribution in [3.63, 3.8) is 0 Å². The van der Waals surface area contributed by atoms with E-state index >= 15 is 0 Å². The van der Waals surface area contributed by atoms with Crippen LogP contribution in [0, 0.1) is 6.92 Å². The lowest BCUT2D eigenvalue weighted by molar-refractivity contribution is 0.461. The van der Waals surface area contributed by atoms with Crippen LogP contribution in [0.4, 0.5) is 0 Å². The Kier molecular flexibility index (Phi) is 11.2. The summed E-state index contributed by atoms with van der Waals surface area (Å²) in [6.07, 6.45) is 12.8. The Balaban J connectivity index is 3.66. The van der Waals surface area contributed by atoms with Gasteiger partial charge in [0.25, 0.3) is 0 Å². The zero-order chi connectivity index (χ0) is 21.2. The fourth-order valence-corrected chi connectivity index (χ4v) is 11.5. The van der Waals surface area contributed by atoms with Crippen LogP contribution in [-0.2, 0) is 10.1 Å². The maximum atomic E-state index is 12.1. The minimum atomic E-state index is -4.47. The molecule has 28 heavy (non-hydrogen) atoms. The average Bonchev–Trinajstić information content (AvgIpc) is 2.65. The molecule has 0 bridgehead atoms. The molecule has 0 saturated carbocycles. The minimum absolute atomic E-state index is 0.0415. The van der Waals surface area contributed by atoms with Crippen LogP contribution in [0.5, 0.6) is 0 Å². The topological polar surface area (TPSA) is 57.2 Å². The summed E-state index contributed by atoms with van der Waals surface area (Å²) in [6, 6.07) is 5.25. The zero-order valence-corrected chi connectivity index (χ0v) is 20.4. The van der Waals surface area contributed by atoms with Crippen molar-refractivity contribution in [2.75, 3.05) is 18.5 Å². The normalized spacial score (nSPS) is 13.6. The summed E-state index contributed by atoms with van der Waals surface area (Å²) in [6.45, 7) is 10.9. The van der Waals surface area contributed by atoms with Gasteiger partial charge in [0, 0.05) is 12.8 Å². The number of aryl methyl sites for hydroxylation is 1. The predicted octanol–water partition coefficient (Wildman–Crippen LogP) is 7.16. The van der Waals surface area contributed by atoms with Crippen LogP contribution in [0.2, 0.25) is 0 Å². The number of rotatable bonds is 14. The van der Waals surface area contributed by atoms with Gasteiger partial charge in [0.15, 0.2) is 0 Å². The van der Waals surface area contributed by atoms with Crippen molar-refractivity contribution in [2.45, 2.75) is 96.5 Å². The van der Waals surface area contributed by atoms with Gasteiger partial charge in [0.05, 0.1) is 29.0 Å². The first-order valence-corrected chi connectivity index (χ1v) is 15.0. The van der Waals surface area contributed by atoms with E-state index in [1.54, 1.807) is 12.1 Å². The Morgan fingerprint density at radius 3 is 1.79 bits per heavy atom. The van der Waals surface area contributed by atoms with Gasteiger partial charge < -0.3 is 4.55 Å². The lowest BCUT2D eigenvalue weighted by atomic mass is 10.0. The van der Waals surface area contributed by atoms with Crippen molar-refractivity contribution in [1.29, 1.82) is 0 Å². The Morgan fingerprint density at radius 1 is 0.893 bits per heavy atom. The maximum absolute atomic E-state index is 12.1. The molecular weight excluding hydrogens is 387 g/mol. The lowest BCUT2D eigenvalue weighted by Crippen LogP contribution is -2.20. The molecule has 0 saturated heterocycles. The Morgan fingerprint density at radius 2 is 1.39 bits per heavy atom. The van der Waals surface area contributed by atoms with Crippen LogP contribution in [-0.4, -0.2) is 31.5 Å². The highest BCUT2D eigenvalue weighted by molar-refractivity contribution is 7.86. The minimum Gasteiger partial charge on any atom is -0.744 e. The molecule has 1 aromatic carbocycles. The summed E-state index contributed by atoms with van der Waals surface area (Å²) in [5.41, 5.74) is 2.07. The first-order valence-electron chi connectivity index (χ1n) is 11.2. The second kappa shape index (κ2) is 12.3. The molecule has 5 heteroatoms. The fourth-order valence-electron chi connectivity index (χ4n) is 4.49. The van der Waals surface area contributed by atoms with Crippen LogP contribution >= 0.6 is 7.26 Å². The van der Waals surface area contributed by atoms with E-state index in [0.29, 0.717) is 0 Å². The zero-order valence-electron chi connectivity index (χ0n) is 18.7. The van der Waals surface area contributed by atoms with E-state index in [4.69, 9.17) is 0 Å². The molecule has 0 amide bonds. The monoisotopic (exact) mass is 428 g/mol. The van der Waals surface area contributed by atoms with Crippen LogP contribution in [0.1, 0.15) is 95.8 Å². The van der Waals surface area contributed by atoms with E-state index in [-0.39, 0.29) is 10.6 Å². The summed E-state index contributed by atoms with van der Waals surface area (Å²) >= 11 is 0. The van der Waals surface area contributed by atoms with Crippen molar-refractivity contribution in [3.8, 4) is 0 Å². The molecule has 1 aromatic rings. The van der Waals surface area contributed by atoms with Gasteiger partial charge in [0.2, 0.25) is 0 Å². The number of hydrogen-bond donors (Lipinski definition) is 0. The van der Waals surface area contributed by atoms with Crippen LogP contribution in [0.15, 0.2) is 23.1 Å². The third-order valence-corrected chi connectivity index (χ3v) is 12.3. The molecule has 3 nitrogen and oxygen atoms in total. The first-order chi connectivity index (χ1) is 13.3. The smallest absolute Gasteiger partial charge is 0.124 e. The highest BCUT2D eigenvalue weighted by atomic mass is 32.2. The summed E-state index contributed by atoms with van der Waals surface area (Å²) in [5.74, 6) is 0. The average molecular weight is 429 g/mol. The number of benzene rings is 1. The third-order valence-electron chi connectivity index (χ3n) is 5.98. The summed E-state index contributed by atoms with van der Waals surface area (Å²) in [5, 5.41) is 0. The van der Waals surface area contributed by atoms with Crippen LogP contribution in [0.25, 0.3) is 0 Å². The summed E-state index contributed by atoms with van der Waals surface area (Å²) < 4.78 is 36.4. The number of hydrogen-bond acceptors (Lipinski definition) is 3. The standard InChI is InChI=1S/C23H41O3PS/c1-6-10-17-27(18-11-7-2,19-12-8-3)21(14-9-4)23-20(5)15-13-16-22(23)28(24,25)26/h13,15-16,21H,6-12,14,17-19H2,1-5H3. The maximum Gasteiger partial charge on any atom is 0.124 e. The molecule has 0 N–H and O–H groups in total. The molecule has 1 unspecified atom stereocenters. The Labute approximate surface area is 174 Å². The van der Waals surface area contributed by atoms with Gasteiger partial charge in [-0.05, 0) is 44.2 Å². The van der Waals surface area contributed by atoms with Crippen LogP contribution < -0.4 is 0 Å². The van der Waals surface area contributed by atoms with Gasteiger partial charge in [-0.15, -0.1) is 0 Å². The van der Waals surface area contributed by atoms with E-state index in [1.165, 1.54) is 57.0 Å². The van der Waals surface area contributed by atoms with Gasteiger partial charge in [-0.1, -0.05) is 65.5 Å². The highest BCUT2D eigenvalue weighted by Crippen LogP contribution is 2.73. The van der Waals surface area contributed by atoms with Crippen molar-refractivity contribution in [1.82, 2.24) is 0 Å². The third kappa shape index (κ3) is 6.82. The second-order valence-electron chi connectivity index (χ2n) is 8.20. The first kappa shape index (κ1) is 25.6. The Hall–Kier alpha value is -0.440. The van der Waals surface area contributed by atoms with Crippen LogP contribution in [0.3, 0.4) is 0 Å². The lowest BCUT2D eigenvalue weighted by Gasteiger charge is -2.37. The molecule has 0 spiro atoms. The molecule has 1 rings (SSSR count). The van der Waals surface area contributed by atoms with E-state index in [0.717, 1.165) is 24.0 Å². The highest BCUT2D eigenvalue weighted by Gasteiger charge is 2.46. The quantitative estimate of drug-likeness (QED) is 0.233. The molecule has 0 heterocycles. The second-order valence-corrected chi connectivity index (χ2v) is 13.9. The molecule has 1 atom stereocenters. The molecular formula is C23H41O3PS. The fraction of sp³-hybridized carbons (Fsp3) is 0.739. The number of unbranched alkanes of at least 4 members (excludes halogenated alkanes) is 3. The molecule has 0 aliphatic heterocycles. The van der Waals surface area contributed by atoms with Crippen molar-refractivity contribution < 1.29 is 13.0 Å². The van der Waals surface area contributed by atoms with Gasteiger partial charge in [-0.25, -0.2) is 8.42 Å². The van der Waals surface area contributed by atoms with Crippen molar-refractivity contribution in [3.05, 3.63) is 29.3 Å². The summed E-state index contributed by atoms with van der Waals surface area (Å²) in [4.78, 5) is 0.0415. The van der Waals surface area contributed by atoms with Gasteiger partial charge in [-0.2, -0.15) is 0 Å². The van der Waals surface area contributed by atoms with E-state index in [9.17, 15) is 13.0 Å². The Bertz CT molecular complexity index is 663. The van der Waals surface area contributed by atoms with E-state index < -0.39 is 17.4 Å². The molecule has 0 radical (unpaired) electrons. The molecule has 162 valence electrons. The van der Waals surface area contributed by atoms with Gasteiger partial charge in [-0.3, -0.25) is 0 Å². The molecule has 0 aliphatic rings. The summed E-state index contributed by atoms with van der Waals surface area (Å²) in [7, 11) is -5.89. The molecule has 0 fully saturated rings. The van der Waals surface area contributed by atoms with Crippen molar-refractivity contribution >= 4 is 17.4 Å².